The molecule has 2 rings (SSSR count). The summed E-state index contributed by atoms with van der Waals surface area (Å²) in [5, 5.41) is 4.28. The molecule has 4 heteroatoms. The quantitative estimate of drug-likeness (QED) is 0.724. The standard InChI is InChI=1S/C10H9N3O/c1-11-10(14)9-8-6-12-4-2-7(8)3-5-13-9/h2-6H,1H3,(H,11,14). The van der Waals surface area contributed by atoms with Gasteiger partial charge in [-0.3, -0.25) is 14.8 Å². The van der Waals surface area contributed by atoms with Crippen LogP contribution in [0.15, 0.2) is 30.7 Å². The summed E-state index contributed by atoms with van der Waals surface area (Å²) in [6.07, 6.45) is 4.95. The Morgan fingerprint density at radius 1 is 1.36 bits per heavy atom. The molecule has 0 aliphatic heterocycles. The van der Waals surface area contributed by atoms with Crippen LogP contribution < -0.4 is 5.32 Å². The van der Waals surface area contributed by atoms with Crippen LogP contribution in [0.3, 0.4) is 0 Å². The molecule has 0 fully saturated rings. The van der Waals surface area contributed by atoms with Gasteiger partial charge >= 0.3 is 0 Å². The van der Waals surface area contributed by atoms with E-state index in [0.717, 1.165) is 10.8 Å². The van der Waals surface area contributed by atoms with Gasteiger partial charge in [0, 0.05) is 31.0 Å². The second kappa shape index (κ2) is 3.41. The number of fused-ring (bicyclic) bond motifs is 1. The minimum Gasteiger partial charge on any atom is -0.354 e. The first kappa shape index (κ1) is 8.62. The molecule has 0 saturated heterocycles. The van der Waals surface area contributed by atoms with Gasteiger partial charge in [0.25, 0.3) is 5.91 Å². The van der Waals surface area contributed by atoms with E-state index in [1.807, 2.05) is 12.1 Å². The second-order valence-corrected chi connectivity index (χ2v) is 2.84. The van der Waals surface area contributed by atoms with Gasteiger partial charge in [-0.15, -0.1) is 0 Å². The first-order chi connectivity index (χ1) is 6.83. The Morgan fingerprint density at radius 2 is 2.14 bits per heavy atom. The molecule has 2 heterocycles. The maximum Gasteiger partial charge on any atom is 0.270 e. The van der Waals surface area contributed by atoms with E-state index < -0.39 is 0 Å². The molecule has 0 atom stereocenters. The summed E-state index contributed by atoms with van der Waals surface area (Å²) in [7, 11) is 1.58. The molecule has 2 aromatic heterocycles. The van der Waals surface area contributed by atoms with Crippen molar-refractivity contribution in [1.82, 2.24) is 15.3 Å². The molecule has 1 amide bonds. The van der Waals surface area contributed by atoms with Crippen LogP contribution in [0, 0.1) is 0 Å². The van der Waals surface area contributed by atoms with Crippen molar-refractivity contribution < 1.29 is 4.79 Å². The van der Waals surface area contributed by atoms with E-state index in [2.05, 4.69) is 15.3 Å². The van der Waals surface area contributed by atoms with Gasteiger partial charge in [0.15, 0.2) is 0 Å². The zero-order valence-corrected chi connectivity index (χ0v) is 7.69. The lowest BCUT2D eigenvalue weighted by molar-refractivity contribution is 0.0960. The molecule has 70 valence electrons. The number of pyridine rings is 2. The molecule has 0 radical (unpaired) electrons. The van der Waals surface area contributed by atoms with Gasteiger partial charge in [-0.05, 0) is 17.5 Å². The average molecular weight is 187 g/mol. The fraction of sp³-hybridized carbons (Fsp3) is 0.100. The highest BCUT2D eigenvalue weighted by Gasteiger charge is 2.08. The predicted molar refractivity (Wildman–Crippen MR) is 52.9 cm³/mol. The number of amides is 1. The summed E-state index contributed by atoms with van der Waals surface area (Å²) in [6, 6.07) is 3.70. The van der Waals surface area contributed by atoms with Crippen molar-refractivity contribution in [3.8, 4) is 0 Å². The van der Waals surface area contributed by atoms with Gasteiger partial charge in [-0.2, -0.15) is 0 Å². The third-order valence-corrected chi connectivity index (χ3v) is 2.01. The number of nitrogens with zero attached hydrogens (tertiary/aromatic N) is 2. The molecular weight excluding hydrogens is 178 g/mol. The lowest BCUT2D eigenvalue weighted by Gasteiger charge is -2.02. The van der Waals surface area contributed by atoms with E-state index in [1.165, 1.54) is 0 Å². The molecule has 0 spiro atoms. The third kappa shape index (κ3) is 1.31. The Kier molecular flexibility index (Phi) is 2.10. The minimum absolute atomic E-state index is 0.191. The van der Waals surface area contributed by atoms with Crippen molar-refractivity contribution in [1.29, 1.82) is 0 Å². The second-order valence-electron chi connectivity index (χ2n) is 2.84. The maximum atomic E-state index is 11.4. The summed E-state index contributed by atoms with van der Waals surface area (Å²) in [4.78, 5) is 19.4. The SMILES string of the molecule is CNC(=O)c1nccc2ccncc12. The lowest BCUT2D eigenvalue weighted by atomic mass is 10.1. The van der Waals surface area contributed by atoms with E-state index in [1.54, 1.807) is 25.6 Å². The summed E-state index contributed by atoms with van der Waals surface area (Å²) < 4.78 is 0. The number of nitrogens with one attached hydrogen (secondary N) is 1. The highest BCUT2D eigenvalue weighted by Crippen LogP contribution is 2.14. The summed E-state index contributed by atoms with van der Waals surface area (Å²) in [5.41, 5.74) is 0.415. The zero-order chi connectivity index (χ0) is 9.97. The van der Waals surface area contributed by atoms with Crippen molar-refractivity contribution in [2.45, 2.75) is 0 Å². The number of carbonyl (C=O) groups is 1. The van der Waals surface area contributed by atoms with Gasteiger partial charge in [-0.1, -0.05) is 0 Å². The highest BCUT2D eigenvalue weighted by molar-refractivity contribution is 6.04. The Hall–Kier alpha value is -1.97. The van der Waals surface area contributed by atoms with Gasteiger partial charge < -0.3 is 5.32 Å². The van der Waals surface area contributed by atoms with Gasteiger partial charge in [0.05, 0.1) is 0 Å². The maximum absolute atomic E-state index is 11.4. The van der Waals surface area contributed by atoms with Crippen LogP contribution in [-0.2, 0) is 0 Å². The van der Waals surface area contributed by atoms with Crippen LogP contribution in [-0.4, -0.2) is 22.9 Å². The van der Waals surface area contributed by atoms with Crippen molar-refractivity contribution >= 4 is 16.7 Å². The Balaban J connectivity index is 2.71. The average Bonchev–Trinajstić information content (AvgIpc) is 2.27. The van der Waals surface area contributed by atoms with Crippen molar-refractivity contribution in [2.75, 3.05) is 7.05 Å². The monoisotopic (exact) mass is 187 g/mol. The van der Waals surface area contributed by atoms with E-state index >= 15 is 0 Å². The molecule has 2 aromatic rings. The first-order valence-electron chi connectivity index (χ1n) is 4.24. The predicted octanol–water partition coefficient (Wildman–Crippen LogP) is 0.989. The molecule has 1 N–H and O–H groups in total. The van der Waals surface area contributed by atoms with Crippen LogP contribution in [0.5, 0.6) is 0 Å². The molecule has 0 bridgehead atoms. The Labute approximate surface area is 81.0 Å². The topological polar surface area (TPSA) is 54.9 Å². The number of rotatable bonds is 1. The number of aromatic nitrogens is 2. The van der Waals surface area contributed by atoms with E-state index in [4.69, 9.17) is 0 Å². The van der Waals surface area contributed by atoms with Gasteiger partial charge in [0.2, 0.25) is 0 Å². The molecule has 0 aliphatic rings. The van der Waals surface area contributed by atoms with Crippen LogP contribution in [0.25, 0.3) is 10.8 Å². The third-order valence-electron chi connectivity index (χ3n) is 2.01. The van der Waals surface area contributed by atoms with Crippen LogP contribution in [0.2, 0.25) is 0 Å². The normalized spacial score (nSPS) is 10.1. The fourth-order valence-corrected chi connectivity index (χ4v) is 1.31. The number of hydrogen-bond donors (Lipinski definition) is 1. The largest absolute Gasteiger partial charge is 0.354 e. The van der Waals surface area contributed by atoms with Gasteiger partial charge in [-0.25, -0.2) is 0 Å². The van der Waals surface area contributed by atoms with Crippen LogP contribution in [0.4, 0.5) is 0 Å². The zero-order valence-electron chi connectivity index (χ0n) is 7.69. The smallest absolute Gasteiger partial charge is 0.270 e. The fourth-order valence-electron chi connectivity index (χ4n) is 1.31. The lowest BCUT2D eigenvalue weighted by Crippen LogP contribution is -2.19. The molecule has 14 heavy (non-hydrogen) atoms. The van der Waals surface area contributed by atoms with Crippen molar-refractivity contribution in [3.05, 3.63) is 36.4 Å². The molecule has 0 aromatic carbocycles. The van der Waals surface area contributed by atoms with E-state index in [0.29, 0.717) is 5.69 Å². The van der Waals surface area contributed by atoms with Crippen LogP contribution >= 0.6 is 0 Å². The summed E-state index contributed by atoms with van der Waals surface area (Å²) >= 11 is 0. The van der Waals surface area contributed by atoms with Gasteiger partial charge in [0.1, 0.15) is 5.69 Å². The molecule has 4 nitrogen and oxygen atoms in total. The van der Waals surface area contributed by atoms with Crippen molar-refractivity contribution in [2.24, 2.45) is 0 Å². The van der Waals surface area contributed by atoms with Crippen molar-refractivity contribution in [3.63, 3.8) is 0 Å². The molecule has 0 saturated carbocycles. The minimum atomic E-state index is -0.191. The van der Waals surface area contributed by atoms with E-state index in [-0.39, 0.29) is 5.91 Å². The highest BCUT2D eigenvalue weighted by atomic mass is 16.1. The van der Waals surface area contributed by atoms with E-state index in [9.17, 15) is 4.79 Å². The first-order valence-corrected chi connectivity index (χ1v) is 4.24. The molecular formula is C10H9N3O. The Bertz CT molecular complexity index is 476. The number of hydrogen-bond acceptors (Lipinski definition) is 3. The summed E-state index contributed by atoms with van der Waals surface area (Å²) in [6.45, 7) is 0. The molecule has 0 unspecified atom stereocenters. The summed E-state index contributed by atoms with van der Waals surface area (Å²) in [5.74, 6) is -0.191. The number of carbonyl (C=O) groups excluding carboxylic acids is 1. The Morgan fingerprint density at radius 3 is 2.93 bits per heavy atom. The molecule has 0 aliphatic carbocycles. The van der Waals surface area contributed by atoms with Crippen LogP contribution in [0.1, 0.15) is 10.5 Å².